The highest BCUT2D eigenvalue weighted by atomic mass is 32.2. The van der Waals surface area contributed by atoms with Gasteiger partial charge in [0.15, 0.2) is 0 Å². The number of hydrogen-bond donors (Lipinski definition) is 2. The molecule has 0 bridgehead atoms. The molecule has 1 amide bonds. The van der Waals surface area contributed by atoms with Crippen molar-refractivity contribution in [1.29, 1.82) is 0 Å². The molecular formula is C13H17NO3S. The number of carbonyl (C=O) groups is 1. The lowest BCUT2D eigenvalue weighted by Crippen LogP contribution is -2.44. The van der Waals surface area contributed by atoms with Gasteiger partial charge in [-0.25, -0.2) is 0 Å². The van der Waals surface area contributed by atoms with Gasteiger partial charge in [-0.15, -0.1) is 0 Å². The van der Waals surface area contributed by atoms with Crippen LogP contribution in [0.25, 0.3) is 6.08 Å². The highest BCUT2D eigenvalue weighted by Gasteiger charge is 2.29. The fourth-order valence-corrected chi connectivity index (χ4v) is 3.04. The summed E-state index contributed by atoms with van der Waals surface area (Å²) in [5.74, 6) is 2.33. The zero-order chi connectivity index (χ0) is 12.8. The molecule has 2 N–H and O–H groups in total. The second kappa shape index (κ2) is 6.11. The Bertz CT molecular complexity index is 408. The zero-order valence-corrected chi connectivity index (χ0v) is 10.9. The van der Waals surface area contributed by atoms with Gasteiger partial charge in [-0.3, -0.25) is 4.79 Å². The van der Waals surface area contributed by atoms with Crippen molar-refractivity contribution < 1.29 is 14.3 Å². The summed E-state index contributed by atoms with van der Waals surface area (Å²) in [5, 5.41) is 12.9. The lowest BCUT2D eigenvalue weighted by atomic mass is 9.97. The van der Waals surface area contributed by atoms with Crippen LogP contribution in [-0.4, -0.2) is 34.7 Å². The van der Waals surface area contributed by atoms with Gasteiger partial charge in [-0.2, -0.15) is 11.8 Å². The molecule has 0 aromatic carbocycles. The lowest BCUT2D eigenvalue weighted by Gasteiger charge is -2.31. The molecule has 1 aromatic heterocycles. The molecule has 0 saturated carbocycles. The molecule has 1 aromatic rings. The van der Waals surface area contributed by atoms with Crippen LogP contribution in [0.15, 0.2) is 28.9 Å². The normalized spacial score (nSPS) is 18.9. The van der Waals surface area contributed by atoms with Crippen LogP contribution in [0, 0.1) is 0 Å². The molecule has 1 saturated heterocycles. The molecular weight excluding hydrogens is 250 g/mol. The van der Waals surface area contributed by atoms with Crippen molar-refractivity contribution in [3.63, 3.8) is 0 Å². The number of nitrogens with one attached hydrogen (secondary N) is 1. The molecule has 0 spiro atoms. The van der Waals surface area contributed by atoms with Crippen molar-refractivity contribution in [3.8, 4) is 0 Å². The van der Waals surface area contributed by atoms with Crippen LogP contribution in [0.2, 0.25) is 0 Å². The van der Waals surface area contributed by atoms with Gasteiger partial charge >= 0.3 is 0 Å². The summed E-state index contributed by atoms with van der Waals surface area (Å²) >= 11 is 1.84. The Balaban J connectivity index is 1.77. The van der Waals surface area contributed by atoms with E-state index in [1.54, 1.807) is 24.5 Å². The van der Waals surface area contributed by atoms with Gasteiger partial charge in [0, 0.05) is 12.6 Å². The Hall–Kier alpha value is -1.20. The molecule has 1 fully saturated rings. The van der Waals surface area contributed by atoms with Crippen LogP contribution in [0.4, 0.5) is 0 Å². The van der Waals surface area contributed by atoms with Gasteiger partial charge in [0.25, 0.3) is 0 Å². The van der Waals surface area contributed by atoms with Gasteiger partial charge in [-0.05, 0) is 42.6 Å². The summed E-state index contributed by atoms with van der Waals surface area (Å²) in [6.45, 7) is 0.314. The fourth-order valence-electron chi connectivity index (χ4n) is 1.78. The number of aliphatic hydroxyl groups is 1. The first-order valence-corrected chi connectivity index (χ1v) is 7.13. The third-order valence-corrected chi connectivity index (χ3v) is 3.94. The van der Waals surface area contributed by atoms with Crippen LogP contribution < -0.4 is 5.32 Å². The van der Waals surface area contributed by atoms with Crippen molar-refractivity contribution >= 4 is 23.7 Å². The average Bonchev–Trinajstić information content (AvgIpc) is 2.88. The van der Waals surface area contributed by atoms with Crippen molar-refractivity contribution in [1.82, 2.24) is 5.32 Å². The number of furan rings is 1. The van der Waals surface area contributed by atoms with Crippen LogP contribution in [0.1, 0.15) is 18.6 Å². The maximum absolute atomic E-state index is 11.6. The van der Waals surface area contributed by atoms with Gasteiger partial charge < -0.3 is 14.8 Å². The van der Waals surface area contributed by atoms with E-state index in [-0.39, 0.29) is 5.91 Å². The zero-order valence-electron chi connectivity index (χ0n) is 10.1. The van der Waals surface area contributed by atoms with E-state index in [1.165, 1.54) is 6.08 Å². The second-order valence-electron chi connectivity index (χ2n) is 4.40. The van der Waals surface area contributed by atoms with E-state index in [0.29, 0.717) is 12.3 Å². The first kappa shape index (κ1) is 13.2. The van der Waals surface area contributed by atoms with Crippen molar-refractivity contribution in [2.24, 2.45) is 0 Å². The molecule has 5 heteroatoms. The second-order valence-corrected chi connectivity index (χ2v) is 5.63. The van der Waals surface area contributed by atoms with E-state index in [0.717, 1.165) is 24.3 Å². The molecule has 98 valence electrons. The number of thioether (sulfide) groups is 1. The van der Waals surface area contributed by atoms with Gasteiger partial charge in [0.05, 0.1) is 11.9 Å². The van der Waals surface area contributed by atoms with Crippen molar-refractivity contribution in [3.05, 3.63) is 30.2 Å². The molecule has 4 nitrogen and oxygen atoms in total. The molecule has 2 heterocycles. The molecule has 1 aliphatic rings. The summed E-state index contributed by atoms with van der Waals surface area (Å²) < 4.78 is 5.08. The molecule has 0 atom stereocenters. The Labute approximate surface area is 110 Å². The third-order valence-electron chi connectivity index (χ3n) is 2.96. The SMILES string of the molecule is O=C(C=Cc1ccco1)NCC1(O)CCSCC1. The molecule has 1 aliphatic heterocycles. The molecule has 18 heavy (non-hydrogen) atoms. The van der Waals surface area contributed by atoms with E-state index in [9.17, 15) is 9.90 Å². The lowest BCUT2D eigenvalue weighted by molar-refractivity contribution is -0.117. The predicted molar refractivity (Wildman–Crippen MR) is 72.3 cm³/mol. The van der Waals surface area contributed by atoms with Crippen molar-refractivity contribution in [2.45, 2.75) is 18.4 Å². The number of amides is 1. The number of hydrogen-bond acceptors (Lipinski definition) is 4. The maximum Gasteiger partial charge on any atom is 0.244 e. The standard InChI is InChI=1S/C13H17NO3S/c15-12(4-3-11-2-1-7-17-11)14-10-13(16)5-8-18-9-6-13/h1-4,7,16H,5-6,8-10H2,(H,14,15). The van der Waals surface area contributed by atoms with E-state index in [1.807, 2.05) is 11.8 Å². The fraction of sp³-hybridized carbons (Fsp3) is 0.462. The van der Waals surface area contributed by atoms with Gasteiger partial charge in [0.1, 0.15) is 5.76 Å². The maximum atomic E-state index is 11.6. The molecule has 2 rings (SSSR count). The quantitative estimate of drug-likeness (QED) is 0.815. The monoisotopic (exact) mass is 267 g/mol. The Morgan fingerprint density at radius 2 is 2.33 bits per heavy atom. The summed E-state index contributed by atoms with van der Waals surface area (Å²) in [4.78, 5) is 11.6. The number of rotatable bonds is 4. The highest BCUT2D eigenvalue weighted by molar-refractivity contribution is 7.99. The van der Waals surface area contributed by atoms with Crippen LogP contribution in [0.3, 0.4) is 0 Å². The Morgan fingerprint density at radius 1 is 1.56 bits per heavy atom. The van der Waals surface area contributed by atoms with Gasteiger partial charge in [0.2, 0.25) is 5.91 Å². The Morgan fingerprint density at radius 3 is 3.00 bits per heavy atom. The molecule has 0 unspecified atom stereocenters. The van der Waals surface area contributed by atoms with E-state index < -0.39 is 5.60 Å². The minimum absolute atomic E-state index is 0.210. The molecule has 0 aliphatic carbocycles. The van der Waals surface area contributed by atoms with Crippen LogP contribution >= 0.6 is 11.8 Å². The largest absolute Gasteiger partial charge is 0.465 e. The summed E-state index contributed by atoms with van der Waals surface area (Å²) in [6.07, 6.45) is 6.05. The predicted octanol–water partition coefficient (Wildman–Crippen LogP) is 1.67. The first-order valence-electron chi connectivity index (χ1n) is 5.98. The summed E-state index contributed by atoms with van der Waals surface area (Å²) in [7, 11) is 0. The Kier molecular flexibility index (Phi) is 4.49. The smallest absolute Gasteiger partial charge is 0.244 e. The van der Waals surface area contributed by atoms with E-state index in [2.05, 4.69) is 5.32 Å². The van der Waals surface area contributed by atoms with Crippen LogP contribution in [-0.2, 0) is 4.79 Å². The first-order chi connectivity index (χ1) is 8.68. The van der Waals surface area contributed by atoms with Gasteiger partial charge in [-0.1, -0.05) is 0 Å². The van der Waals surface area contributed by atoms with E-state index in [4.69, 9.17) is 4.42 Å². The summed E-state index contributed by atoms with van der Waals surface area (Å²) in [5.41, 5.74) is -0.737. The third kappa shape index (κ3) is 3.92. The minimum atomic E-state index is -0.737. The van der Waals surface area contributed by atoms with E-state index >= 15 is 0 Å². The van der Waals surface area contributed by atoms with Crippen LogP contribution in [0.5, 0.6) is 0 Å². The highest BCUT2D eigenvalue weighted by Crippen LogP contribution is 2.26. The number of carbonyl (C=O) groups excluding carboxylic acids is 1. The van der Waals surface area contributed by atoms with Crippen molar-refractivity contribution in [2.75, 3.05) is 18.1 Å². The topological polar surface area (TPSA) is 62.5 Å². The minimum Gasteiger partial charge on any atom is -0.465 e. The average molecular weight is 267 g/mol. The summed E-state index contributed by atoms with van der Waals surface area (Å²) in [6, 6.07) is 3.54. The molecule has 0 radical (unpaired) electrons.